The van der Waals surface area contributed by atoms with Crippen molar-refractivity contribution in [3.63, 3.8) is 0 Å². The first-order chi connectivity index (χ1) is 8.02. The van der Waals surface area contributed by atoms with Gasteiger partial charge in [0.1, 0.15) is 0 Å². The van der Waals surface area contributed by atoms with Gasteiger partial charge in [-0.15, -0.1) is 0 Å². The Morgan fingerprint density at radius 2 is 2.12 bits per heavy atom. The number of carbonyl (C=O) groups is 1. The SMILES string of the molecule is Cc1ccoc1C(=O)c1ccc(Br)c(Cl)c1F. The summed E-state index contributed by atoms with van der Waals surface area (Å²) in [5.41, 5.74) is 0.560. The summed E-state index contributed by atoms with van der Waals surface area (Å²) in [4.78, 5) is 12.0. The molecule has 5 heteroatoms. The highest BCUT2D eigenvalue weighted by atomic mass is 79.9. The van der Waals surface area contributed by atoms with Gasteiger partial charge in [-0.3, -0.25) is 4.79 Å². The average Bonchev–Trinajstić information content (AvgIpc) is 2.72. The number of furan rings is 1. The van der Waals surface area contributed by atoms with E-state index in [4.69, 9.17) is 16.0 Å². The third-order valence-corrected chi connectivity index (χ3v) is 3.61. The molecule has 2 nitrogen and oxygen atoms in total. The molecule has 0 bridgehead atoms. The van der Waals surface area contributed by atoms with Crippen LogP contribution in [0.15, 0.2) is 33.4 Å². The number of hydrogen-bond acceptors (Lipinski definition) is 2. The van der Waals surface area contributed by atoms with E-state index in [1.807, 2.05) is 0 Å². The molecule has 0 unspecified atom stereocenters. The molecule has 0 atom stereocenters. The van der Waals surface area contributed by atoms with Gasteiger partial charge in [-0.2, -0.15) is 0 Å². The first kappa shape index (κ1) is 12.3. The van der Waals surface area contributed by atoms with Gasteiger partial charge in [0.05, 0.1) is 16.8 Å². The molecule has 0 N–H and O–H groups in total. The monoisotopic (exact) mass is 316 g/mol. The topological polar surface area (TPSA) is 30.2 Å². The van der Waals surface area contributed by atoms with Crippen LogP contribution in [0, 0.1) is 12.7 Å². The Labute approximate surface area is 111 Å². The molecule has 0 fully saturated rings. The predicted octanol–water partition coefficient (Wildman–Crippen LogP) is 4.37. The number of benzene rings is 1. The molecule has 0 amide bonds. The van der Waals surface area contributed by atoms with Crippen LogP contribution < -0.4 is 0 Å². The first-order valence-electron chi connectivity index (χ1n) is 4.74. The van der Waals surface area contributed by atoms with Crippen molar-refractivity contribution in [1.29, 1.82) is 0 Å². The van der Waals surface area contributed by atoms with E-state index < -0.39 is 11.6 Å². The van der Waals surface area contributed by atoms with Gasteiger partial charge >= 0.3 is 0 Å². The van der Waals surface area contributed by atoms with Crippen LogP contribution in [0.3, 0.4) is 0 Å². The second-order valence-corrected chi connectivity index (χ2v) is 4.72. The van der Waals surface area contributed by atoms with Crippen LogP contribution >= 0.6 is 27.5 Å². The van der Waals surface area contributed by atoms with Crippen molar-refractivity contribution in [2.45, 2.75) is 6.92 Å². The van der Waals surface area contributed by atoms with Gasteiger partial charge in [0.25, 0.3) is 0 Å². The van der Waals surface area contributed by atoms with Crippen molar-refractivity contribution < 1.29 is 13.6 Å². The summed E-state index contributed by atoms with van der Waals surface area (Å²) in [6.07, 6.45) is 1.39. The summed E-state index contributed by atoms with van der Waals surface area (Å²) in [6, 6.07) is 4.54. The minimum absolute atomic E-state index is 0.101. The zero-order chi connectivity index (χ0) is 12.6. The summed E-state index contributed by atoms with van der Waals surface area (Å²) >= 11 is 8.81. The van der Waals surface area contributed by atoms with Crippen molar-refractivity contribution in [2.75, 3.05) is 0 Å². The van der Waals surface area contributed by atoms with Gasteiger partial charge in [-0.25, -0.2) is 4.39 Å². The van der Waals surface area contributed by atoms with E-state index in [2.05, 4.69) is 15.9 Å². The van der Waals surface area contributed by atoms with Crippen LogP contribution in [0.25, 0.3) is 0 Å². The summed E-state index contributed by atoms with van der Waals surface area (Å²) in [7, 11) is 0. The van der Waals surface area contributed by atoms with Gasteiger partial charge in [-0.05, 0) is 46.6 Å². The summed E-state index contributed by atoms with van der Waals surface area (Å²) in [6.45, 7) is 1.72. The molecule has 0 aliphatic rings. The molecule has 0 radical (unpaired) electrons. The predicted molar refractivity (Wildman–Crippen MR) is 66.0 cm³/mol. The number of ketones is 1. The normalized spacial score (nSPS) is 10.6. The number of rotatable bonds is 2. The van der Waals surface area contributed by atoms with E-state index in [0.29, 0.717) is 10.0 Å². The molecule has 0 saturated carbocycles. The number of aryl methyl sites for hydroxylation is 1. The maximum atomic E-state index is 13.8. The van der Waals surface area contributed by atoms with Gasteiger partial charge in [0.15, 0.2) is 11.6 Å². The Hall–Kier alpha value is -1.13. The third kappa shape index (κ3) is 2.15. The van der Waals surface area contributed by atoms with Crippen molar-refractivity contribution in [2.24, 2.45) is 0 Å². The molecule has 0 aliphatic carbocycles. The Morgan fingerprint density at radius 3 is 2.71 bits per heavy atom. The second kappa shape index (κ2) is 4.63. The highest BCUT2D eigenvalue weighted by molar-refractivity contribution is 9.10. The lowest BCUT2D eigenvalue weighted by Crippen LogP contribution is -2.05. The fourth-order valence-electron chi connectivity index (χ4n) is 1.43. The molecule has 17 heavy (non-hydrogen) atoms. The lowest BCUT2D eigenvalue weighted by molar-refractivity contribution is 0.100. The fraction of sp³-hybridized carbons (Fsp3) is 0.0833. The van der Waals surface area contributed by atoms with Gasteiger partial charge in [0.2, 0.25) is 5.78 Å². The average molecular weight is 318 g/mol. The quantitative estimate of drug-likeness (QED) is 0.608. The van der Waals surface area contributed by atoms with Crippen LogP contribution in [-0.2, 0) is 0 Å². The molecule has 0 spiro atoms. The molecule has 1 aromatic heterocycles. The smallest absolute Gasteiger partial charge is 0.231 e. The van der Waals surface area contributed by atoms with E-state index in [1.54, 1.807) is 13.0 Å². The Balaban J connectivity index is 2.53. The second-order valence-electron chi connectivity index (χ2n) is 3.48. The van der Waals surface area contributed by atoms with Crippen LogP contribution in [0.4, 0.5) is 4.39 Å². The molecular weight excluding hydrogens is 310 g/mol. The van der Waals surface area contributed by atoms with Gasteiger partial charge in [-0.1, -0.05) is 11.6 Å². The molecule has 2 rings (SSSR count). The van der Waals surface area contributed by atoms with E-state index in [0.717, 1.165) is 0 Å². The van der Waals surface area contributed by atoms with E-state index in [-0.39, 0.29) is 16.3 Å². The first-order valence-corrected chi connectivity index (χ1v) is 5.91. The van der Waals surface area contributed by atoms with Crippen LogP contribution in [0.1, 0.15) is 21.7 Å². The van der Waals surface area contributed by atoms with Crippen LogP contribution in [-0.4, -0.2) is 5.78 Å². The highest BCUT2D eigenvalue weighted by Gasteiger charge is 2.21. The number of carbonyl (C=O) groups excluding carboxylic acids is 1. The zero-order valence-corrected chi connectivity index (χ0v) is 11.1. The largest absolute Gasteiger partial charge is 0.461 e. The molecule has 1 heterocycles. The van der Waals surface area contributed by atoms with E-state index >= 15 is 0 Å². The molecule has 88 valence electrons. The maximum absolute atomic E-state index is 13.8. The minimum atomic E-state index is -0.748. The van der Waals surface area contributed by atoms with Crippen molar-refractivity contribution >= 4 is 33.3 Å². The molecular formula is C12H7BrClFO2. The molecule has 1 aromatic carbocycles. The Bertz CT molecular complexity index is 592. The van der Waals surface area contributed by atoms with E-state index in [9.17, 15) is 9.18 Å². The highest BCUT2D eigenvalue weighted by Crippen LogP contribution is 2.29. The standard InChI is InChI=1S/C12H7BrClFO2/c1-6-4-5-17-12(6)11(16)7-2-3-8(13)9(14)10(7)15/h2-5H,1H3. The lowest BCUT2D eigenvalue weighted by atomic mass is 10.1. The minimum Gasteiger partial charge on any atom is -0.461 e. The lowest BCUT2D eigenvalue weighted by Gasteiger charge is -2.04. The third-order valence-electron chi connectivity index (χ3n) is 2.35. The molecule has 2 aromatic rings. The van der Waals surface area contributed by atoms with Gasteiger partial charge in [0, 0.05) is 4.47 Å². The maximum Gasteiger partial charge on any atom is 0.231 e. The summed E-state index contributed by atoms with van der Waals surface area (Å²) in [5, 5.41) is -0.111. The molecule has 0 saturated heterocycles. The van der Waals surface area contributed by atoms with Crippen molar-refractivity contribution in [1.82, 2.24) is 0 Å². The van der Waals surface area contributed by atoms with E-state index in [1.165, 1.54) is 18.4 Å². The van der Waals surface area contributed by atoms with Crippen LogP contribution in [0.5, 0.6) is 0 Å². The summed E-state index contributed by atoms with van der Waals surface area (Å²) in [5.74, 6) is -1.14. The Kier molecular flexibility index (Phi) is 3.35. The van der Waals surface area contributed by atoms with Crippen molar-refractivity contribution in [3.8, 4) is 0 Å². The van der Waals surface area contributed by atoms with Crippen LogP contribution in [0.2, 0.25) is 5.02 Å². The zero-order valence-electron chi connectivity index (χ0n) is 8.76. The Morgan fingerprint density at radius 1 is 1.41 bits per heavy atom. The van der Waals surface area contributed by atoms with Gasteiger partial charge < -0.3 is 4.42 Å². The number of halogens is 3. The van der Waals surface area contributed by atoms with Crippen molar-refractivity contribution in [3.05, 3.63) is 56.7 Å². The summed E-state index contributed by atoms with van der Waals surface area (Å²) < 4.78 is 19.3. The fourth-order valence-corrected chi connectivity index (χ4v) is 1.90. The number of hydrogen-bond donors (Lipinski definition) is 0. The molecule has 0 aliphatic heterocycles.